The minimum atomic E-state index is -0.434. The Bertz CT molecular complexity index is 391. The number of hydrogen-bond donors (Lipinski definition) is 0. The second kappa shape index (κ2) is 4.24. The van der Waals surface area contributed by atoms with Gasteiger partial charge in [0.15, 0.2) is 0 Å². The summed E-state index contributed by atoms with van der Waals surface area (Å²) in [5.74, 6) is 0.307. The monoisotopic (exact) mass is 235 g/mol. The maximum Gasteiger partial charge on any atom is 0.218 e. The third-order valence-corrected chi connectivity index (χ3v) is 4.43. The van der Waals surface area contributed by atoms with E-state index in [9.17, 15) is 4.39 Å². The largest absolute Gasteiger partial charge is 0.356 e. The van der Waals surface area contributed by atoms with Gasteiger partial charge < -0.3 is 4.90 Å². The topological polar surface area (TPSA) is 29.0 Å². The third-order valence-electron chi connectivity index (χ3n) is 4.43. The number of rotatable bonds is 1. The molecule has 1 aromatic heterocycles. The lowest BCUT2D eigenvalue weighted by atomic mass is 9.77. The van der Waals surface area contributed by atoms with Gasteiger partial charge in [-0.2, -0.15) is 4.39 Å². The van der Waals surface area contributed by atoms with Crippen LogP contribution in [0.25, 0.3) is 0 Å². The van der Waals surface area contributed by atoms with Gasteiger partial charge in [-0.3, -0.25) is 0 Å². The van der Waals surface area contributed by atoms with E-state index >= 15 is 0 Å². The zero-order valence-electron chi connectivity index (χ0n) is 10.0. The highest BCUT2D eigenvalue weighted by atomic mass is 19.1. The zero-order valence-corrected chi connectivity index (χ0v) is 10.0. The minimum Gasteiger partial charge on any atom is -0.356 e. The highest BCUT2D eigenvalue weighted by molar-refractivity contribution is 5.37. The van der Waals surface area contributed by atoms with Crippen LogP contribution in [0.1, 0.15) is 38.5 Å². The summed E-state index contributed by atoms with van der Waals surface area (Å²) in [6.45, 7) is 2.02. The van der Waals surface area contributed by atoms with Crippen molar-refractivity contribution in [3.05, 3.63) is 18.3 Å². The van der Waals surface area contributed by atoms with E-state index in [0.717, 1.165) is 18.9 Å². The molecular formula is C13H18FN3. The molecule has 1 spiro atoms. The molecular weight excluding hydrogens is 217 g/mol. The summed E-state index contributed by atoms with van der Waals surface area (Å²) in [4.78, 5) is 9.84. The number of piperidine rings is 1. The first-order valence-corrected chi connectivity index (χ1v) is 6.50. The molecule has 0 atom stereocenters. The van der Waals surface area contributed by atoms with Gasteiger partial charge in [-0.05, 0) is 31.1 Å². The van der Waals surface area contributed by atoms with Gasteiger partial charge in [0, 0.05) is 19.2 Å². The Balaban J connectivity index is 1.68. The Morgan fingerprint density at radius 3 is 2.41 bits per heavy atom. The summed E-state index contributed by atoms with van der Waals surface area (Å²) < 4.78 is 13.0. The van der Waals surface area contributed by atoms with Gasteiger partial charge in [-0.1, -0.05) is 12.8 Å². The van der Waals surface area contributed by atoms with Gasteiger partial charge in [0.1, 0.15) is 12.1 Å². The number of halogens is 1. The molecule has 0 N–H and O–H groups in total. The van der Waals surface area contributed by atoms with Gasteiger partial charge in [-0.15, -0.1) is 0 Å². The van der Waals surface area contributed by atoms with Crippen molar-refractivity contribution in [2.45, 2.75) is 38.5 Å². The Hall–Kier alpha value is -1.19. The van der Waals surface area contributed by atoms with Crippen molar-refractivity contribution in [1.29, 1.82) is 0 Å². The van der Waals surface area contributed by atoms with Crippen LogP contribution < -0.4 is 4.90 Å². The zero-order chi connectivity index (χ0) is 11.7. The maximum absolute atomic E-state index is 13.0. The van der Waals surface area contributed by atoms with Gasteiger partial charge in [-0.25, -0.2) is 9.97 Å². The van der Waals surface area contributed by atoms with E-state index in [-0.39, 0.29) is 0 Å². The lowest BCUT2D eigenvalue weighted by Crippen LogP contribution is -2.39. The second-order valence-electron chi connectivity index (χ2n) is 5.39. The molecule has 92 valence electrons. The van der Waals surface area contributed by atoms with Crippen LogP contribution in [0.2, 0.25) is 0 Å². The van der Waals surface area contributed by atoms with Crippen molar-refractivity contribution in [3.63, 3.8) is 0 Å². The fourth-order valence-corrected chi connectivity index (χ4v) is 3.33. The normalized spacial score (nSPS) is 23.2. The molecule has 1 saturated carbocycles. The summed E-state index contributed by atoms with van der Waals surface area (Å²) in [6.07, 6.45) is 9.34. The number of hydrogen-bond acceptors (Lipinski definition) is 3. The maximum atomic E-state index is 13.0. The Labute approximate surface area is 101 Å². The molecule has 17 heavy (non-hydrogen) atoms. The van der Waals surface area contributed by atoms with Crippen LogP contribution in [0.3, 0.4) is 0 Å². The predicted octanol–water partition coefficient (Wildman–Crippen LogP) is 2.78. The first kappa shape index (κ1) is 10.9. The van der Waals surface area contributed by atoms with Gasteiger partial charge in [0.05, 0.1) is 0 Å². The smallest absolute Gasteiger partial charge is 0.218 e. The van der Waals surface area contributed by atoms with Crippen molar-refractivity contribution in [2.75, 3.05) is 18.0 Å². The van der Waals surface area contributed by atoms with Gasteiger partial charge >= 0.3 is 0 Å². The molecule has 1 aliphatic carbocycles. The summed E-state index contributed by atoms with van der Waals surface area (Å²) in [6, 6.07) is 1.44. The quantitative estimate of drug-likeness (QED) is 0.701. The van der Waals surface area contributed by atoms with Gasteiger partial charge in [0.25, 0.3) is 0 Å². The summed E-state index contributed by atoms with van der Waals surface area (Å²) in [5, 5.41) is 0. The van der Waals surface area contributed by atoms with E-state index in [2.05, 4.69) is 14.9 Å². The van der Waals surface area contributed by atoms with E-state index in [1.807, 2.05) is 0 Å². The van der Waals surface area contributed by atoms with Crippen LogP contribution in [0, 0.1) is 11.4 Å². The van der Waals surface area contributed by atoms with Crippen molar-refractivity contribution in [2.24, 2.45) is 5.41 Å². The molecule has 2 fully saturated rings. The molecule has 0 radical (unpaired) electrons. The fraction of sp³-hybridized carbons (Fsp3) is 0.692. The van der Waals surface area contributed by atoms with E-state index in [1.54, 1.807) is 0 Å². The first-order valence-electron chi connectivity index (χ1n) is 6.50. The summed E-state index contributed by atoms with van der Waals surface area (Å²) in [7, 11) is 0. The summed E-state index contributed by atoms with van der Waals surface area (Å²) in [5.41, 5.74) is 0.599. The Morgan fingerprint density at radius 2 is 1.76 bits per heavy atom. The van der Waals surface area contributed by atoms with Crippen molar-refractivity contribution >= 4 is 5.82 Å². The lowest BCUT2D eigenvalue weighted by Gasteiger charge is -2.39. The molecule has 2 heterocycles. The number of aromatic nitrogens is 2. The fourth-order valence-electron chi connectivity index (χ4n) is 3.33. The predicted molar refractivity (Wildman–Crippen MR) is 64.3 cm³/mol. The van der Waals surface area contributed by atoms with E-state index < -0.39 is 5.95 Å². The molecule has 2 aliphatic rings. The van der Waals surface area contributed by atoms with E-state index in [0.29, 0.717) is 5.41 Å². The minimum absolute atomic E-state index is 0.434. The molecule has 3 nitrogen and oxygen atoms in total. The molecule has 1 aliphatic heterocycles. The van der Waals surface area contributed by atoms with Crippen molar-refractivity contribution in [1.82, 2.24) is 9.97 Å². The lowest BCUT2D eigenvalue weighted by molar-refractivity contribution is 0.226. The highest BCUT2D eigenvalue weighted by Gasteiger charge is 2.37. The number of nitrogens with zero attached hydrogens (tertiary/aromatic N) is 3. The molecule has 1 aromatic rings. The van der Waals surface area contributed by atoms with Crippen LogP contribution >= 0.6 is 0 Å². The average Bonchev–Trinajstić information content (AvgIpc) is 2.79. The third kappa shape index (κ3) is 2.13. The molecule has 0 unspecified atom stereocenters. The van der Waals surface area contributed by atoms with Crippen molar-refractivity contribution in [3.8, 4) is 0 Å². The van der Waals surface area contributed by atoms with Crippen LogP contribution in [0.15, 0.2) is 12.4 Å². The molecule has 0 bridgehead atoms. The van der Waals surface area contributed by atoms with E-state index in [1.165, 1.54) is 50.9 Å². The molecule has 4 heteroatoms. The highest BCUT2D eigenvalue weighted by Crippen LogP contribution is 2.46. The molecule has 0 aromatic carbocycles. The van der Waals surface area contributed by atoms with Crippen LogP contribution in [-0.4, -0.2) is 23.1 Å². The number of anilines is 1. The first-order chi connectivity index (χ1) is 8.27. The molecule has 1 saturated heterocycles. The SMILES string of the molecule is Fc1cc(N2CCC3(CCCC3)CC2)ncn1. The van der Waals surface area contributed by atoms with E-state index in [4.69, 9.17) is 0 Å². The standard InChI is InChI=1S/C13H18FN3/c14-11-9-12(16-10-15-11)17-7-5-13(6-8-17)3-1-2-4-13/h9-10H,1-8H2. The van der Waals surface area contributed by atoms with Crippen LogP contribution in [-0.2, 0) is 0 Å². The Kier molecular flexibility index (Phi) is 2.73. The molecule has 0 amide bonds. The average molecular weight is 235 g/mol. The van der Waals surface area contributed by atoms with Crippen LogP contribution in [0.5, 0.6) is 0 Å². The molecule has 3 rings (SSSR count). The van der Waals surface area contributed by atoms with Gasteiger partial charge in [0.2, 0.25) is 5.95 Å². The van der Waals surface area contributed by atoms with Crippen molar-refractivity contribution < 1.29 is 4.39 Å². The van der Waals surface area contributed by atoms with Crippen LogP contribution in [0.4, 0.5) is 10.2 Å². The summed E-state index contributed by atoms with van der Waals surface area (Å²) >= 11 is 0. The Morgan fingerprint density at radius 1 is 1.06 bits per heavy atom. The second-order valence-corrected chi connectivity index (χ2v) is 5.39.